The molecule has 3 nitrogen and oxygen atoms in total. The molecule has 0 N–H and O–H groups in total. The molecule has 0 radical (unpaired) electrons. The second-order valence-corrected chi connectivity index (χ2v) is 4.15. The molecule has 2 rings (SSSR count). The Labute approximate surface area is 99.6 Å². The maximum Gasteiger partial charge on any atom is 0.119 e. The molecule has 1 aromatic heterocycles. The Hall–Kier alpha value is -1.48. The van der Waals surface area contributed by atoms with Gasteiger partial charge in [0.05, 0.1) is 24.0 Å². The molecule has 84 valence electrons. The van der Waals surface area contributed by atoms with Gasteiger partial charge in [-0.25, -0.2) is 4.68 Å². The lowest BCUT2D eigenvalue weighted by atomic mass is 10.1. The summed E-state index contributed by atoms with van der Waals surface area (Å²) in [5, 5.41) is 4.84. The van der Waals surface area contributed by atoms with E-state index in [4.69, 9.17) is 16.3 Å². The van der Waals surface area contributed by atoms with Crippen LogP contribution in [0.25, 0.3) is 5.69 Å². The summed E-state index contributed by atoms with van der Waals surface area (Å²) < 4.78 is 7.00. The van der Waals surface area contributed by atoms with Crippen molar-refractivity contribution in [2.75, 3.05) is 7.11 Å². The average Bonchev–Trinajstić information content (AvgIpc) is 2.63. The van der Waals surface area contributed by atoms with E-state index in [0.717, 1.165) is 22.6 Å². The minimum atomic E-state index is 0.634. The molecular formula is C12H13ClN2O. The summed E-state index contributed by atoms with van der Waals surface area (Å²) in [6.07, 6.45) is 3.42. The van der Waals surface area contributed by atoms with Crippen LogP contribution in [0, 0.1) is 13.8 Å². The maximum atomic E-state index is 5.87. The zero-order chi connectivity index (χ0) is 11.7. The van der Waals surface area contributed by atoms with Crippen LogP contribution in [-0.4, -0.2) is 16.9 Å². The van der Waals surface area contributed by atoms with E-state index < -0.39 is 0 Å². The summed E-state index contributed by atoms with van der Waals surface area (Å²) in [4.78, 5) is 0. The largest absolute Gasteiger partial charge is 0.497 e. The van der Waals surface area contributed by atoms with E-state index in [9.17, 15) is 0 Å². The third-order valence-corrected chi connectivity index (χ3v) is 2.68. The monoisotopic (exact) mass is 236 g/mol. The highest BCUT2D eigenvalue weighted by Gasteiger charge is 2.08. The molecule has 1 heterocycles. The predicted molar refractivity (Wildman–Crippen MR) is 64.6 cm³/mol. The summed E-state index contributed by atoms with van der Waals surface area (Å²) in [7, 11) is 1.67. The van der Waals surface area contributed by atoms with Crippen molar-refractivity contribution in [3.05, 3.63) is 40.7 Å². The lowest BCUT2D eigenvalue weighted by Crippen LogP contribution is -2.01. The first-order valence-corrected chi connectivity index (χ1v) is 5.35. The molecule has 0 aliphatic carbocycles. The van der Waals surface area contributed by atoms with Gasteiger partial charge in [-0.2, -0.15) is 5.10 Å². The fourth-order valence-electron chi connectivity index (χ4n) is 1.82. The Balaban J connectivity index is 2.57. The molecule has 0 bridgehead atoms. The van der Waals surface area contributed by atoms with E-state index in [1.165, 1.54) is 0 Å². The van der Waals surface area contributed by atoms with E-state index in [2.05, 4.69) is 5.10 Å². The zero-order valence-corrected chi connectivity index (χ0v) is 10.2. The first-order valence-electron chi connectivity index (χ1n) is 4.97. The molecule has 0 amide bonds. The van der Waals surface area contributed by atoms with Crippen molar-refractivity contribution in [1.82, 2.24) is 9.78 Å². The van der Waals surface area contributed by atoms with Gasteiger partial charge in [0.1, 0.15) is 5.75 Å². The summed E-state index contributed by atoms with van der Waals surface area (Å²) in [5.41, 5.74) is 3.26. The maximum absolute atomic E-state index is 5.87. The normalized spacial score (nSPS) is 10.5. The second-order valence-electron chi connectivity index (χ2n) is 3.71. The van der Waals surface area contributed by atoms with Crippen LogP contribution in [0.5, 0.6) is 5.75 Å². The summed E-state index contributed by atoms with van der Waals surface area (Å²) in [5.74, 6) is 0.858. The van der Waals surface area contributed by atoms with E-state index >= 15 is 0 Å². The van der Waals surface area contributed by atoms with Crippen LogP contribution in [0.15, 0.2) is 24.5 Å². The smallest absolute Gasteiger partial charge is 0.119 e. The van der Waals surface area contributed by atoms with Gasteiger partial charge in [-0.3, -0.25) is 0 Å². The minimum Gasteiger partial charge on any atom is -0.497 e. The lowest BCUT2D eigenvalue weighted by Gasteiger charge is -2.11. The number of benzene rings is 1. The van der Waals surface area contributed by atoms with Gasteiger partial charge in [-0.15, -0.1) is 0 Å². The molecular weight excluding hydrogens is 224 g/mol. The predicted octanol–water partition coefficient (Wildman–Crippen LogP) is 3.15. The number of methoxy groups -OCH3 is 1. The van der Waals surface area contributed by atoms with Crippen molar-refractivity contribution >= 4 is 11.6 Å². The molecule has 0 aliphatic heterocycles. The number of hydrogen-bond acceptors (Lipinski definition) is 2. The zero-order valence-electron chi connectivity index (χ0n) is 9.49. The highest BCUT2D eigenvalue weighted by molar-refractivity contribution is 6.30. The van der Waals surface area contributed by atoms with E-state index in [1.807, 2.05) is 26.0 Å². The van der Waals surface area contributed by atoms with Gasteiger partial charge in [-0.1, -0.05) is 11.6 Å². The number of halogens is 1. The van der Waals surface area contributed by atoms with Gasteiger partial charge in [-0.05, 0) is 37.1 Å². The molecule has 0 spiro atoms. The van der Waals surface area contributed by atoms with Crippen molar-refractivity contribution in [3.8, 4) is 11.4 Å². The van der Waals surface area contributed by atoms with Gasteiger partial charge in [0.15, 0.2) is 0 Å². The Morgan fingerprint density at radius 3 is 2.31 bits per heavy atom. The first kappa shape index (κ1) is 11.0. The SMILES string of the molecule is COc1cc(C)c(-n2cc(Cl)cn2)c(C)c1. The number of hydrogen-bond donors (Lipinski definition) is 0. The standard InChI is InChI=1S/C12H13ClN2O/c1-8-4-11(16-3)5-9(2)12(8)15-7-10(13)6-14-15/h4-7H,1-3H3. The average molecular weight is 237 g/mol. The molecule has 4 heteroatoms. The first-order chi connectivity index (χ1) is 7.61. The Morgan fingerprint density at radius 1 is 1.25 bits per heavy atom. The van der Waals surface area contributed by atoms with Gasteiger partial charge in [0.25, 0.3) is 0 Å². The van der Waals surface area contributed by atoms with E-state index in [1.54, 1.807) is 24.2 Å². The summed E-state index contributed by atoms with van der Waals surface area (Å²) >= 11 is 5.87. The van der Waals surface area contributed by atoms with Gasteiger partial charge in [0.2, 0.25) is 0 Å². The van der Waals surface area contributed by atoms with E-state index in [-0.39, 0.29) is 0 Å². The van der Waals surface area contributed by atoms with Crippen molar-refractivity contribution in [2.24, 2.45) is 0 Å². The molecule has 0 fully saturated rings. The topological polar surface area (TPSA) is 27.1 Å². The van der Waals surface area contributed by atoms with Crippen LogP contribution in [0.1, 0.15) is 11.1 Å². The molecule has 0 atom stereocenters. The van der Waals surface area contributed by atoms with Crippen LogP contribution >= 0.6 is 11.6 Å². The fraction of sp³-hybridized carbons (Fsp3) is 0.250. The number of nitrogens with zero attached hydrogens (tertiary/aromatic N) is 2. The molecule has 0 saturated heterocycles. The third-order valence-electron chi connectivity index (χ3n) is 2.48. The van der Waals surface area contributed by atoms with Crippen molar-refractivity contribution in [3.63, 3.8) is 0 Å². The Bertz CT molecular complexity index is 496. The van der Waals surface area contributed by atoms with Crippen LogP contribution in [0.2, 0.25) is 5.02 Å². The van der Waals surface area contributed by atoms with Gasteiger partial charge >= 0.3 is 0 Å². The fourth-order valence-corrected chi connectivity index (χ4v) is 1.95. The third kappa shape index (κ3) is 1.91. The number of ether oxygens (including phenoxy) is 1. The quantitative estimate of drug-likeness (QED) is 0.801. The number of aryl methyl sites for hydroxylation is 2. The summed E-state index contributed by atoms with van der Waals surface area (Å²) in [6, 6.07) is 3.97. The van der Waals surface area contributed by atoms with Crippen LogP contribution in [-0.2, 0) is 0 Å². The molecule has 2 aromatic rings. The van der Waals surface area contributed by atoms with Gasteiger partial charge in [0, 0.05) is 6.20 Å². The second kappa shape index (κ2) is 4.18. The van der Waals surface area contributed by atoms with Crippen LogP contribution < -0.4 is 4.74 Å². The van der Waals surface area contributed by atoms with Crippen molar-refractivity contribution in [1.29, 1.82) is 0 Å². The van der Waals surface area contributed by atoms with Crippen molar-refractivity contribution < 1.29 is 4.74 Å². The minimum absolute atomic E-state index is 0.634. The van der Waals surface area contributed by atoms with Gasteiger partial charge < -0.3 is 4.74 Å². The summed E-state index contributed by atoms with van der Waals surface area (Å²) in [6.45, 7) is 4.06. The number of aromatic nitrogens is 2. The Kier molecular flexibility index (Phi) is 2.88. The number of rotatable bonds is 2. The van der Waals surface area contributed by atoms with Crippen LogP contribution in [0.3, 0.4) is 0 Å². The molecule has 0 unspecified atom stereocenters. The highest BCUT2D eigenvalue weighted by atomic mass is 35.5. The molecule has 16 heavy (non-hydrogen) atoms. The lowest BCUT2D eigenvalue weighted by molar-refractivity contribution is 0.414. The molecule has 1 aromatic carbocycles. The van der Waals surface area contributed by atoms with Crippen molar-refractivity contribution in [2.45, 2.75) is 13.8 Å². The molecule has 0 aliphatic rings. The van der Waals surface area contributed by atoms with E-state index in [0.29, 0.717) is 5.02 Å². The molecule has 0 saturated carbocycles. The highest BCUT2D eigenvalue weighted by Crippen LogP contribution is 2.25. The van der Waals surface area contributed by atoms with Crippen LogP contribution in [0.4, 0.5) is 0 Å². The Morgan fingerprint density at radius 2 is 1.88 bits per heavy atom.